The van der Waals surface area contributed by atoms with Crippen molar-refractivity contribution in [3.63, 3.8) is 0 Å². The van der Waals surface area contributed by atoms with Crippen LogP contribution in [0.15, 0.2) is 30.3 Å². The molecule has 1 aromatic rings. The summed E-state index contributed by atoms with van der Waals surface area (Å²) in [6, 6.07) is 8.70. The molecule has 16 heavy (non-hydrogen) atoms. The molecule has 0 spiro atoms. The van der Waals surface area contributed by atoms with E-state index in [1.54, 1.807) is 0 Å². The van der Waals surface area contributed by atoms with E-state index in [9.17, 15) is 9.59 Å². The lowest BCUT2D eigenvalue weighted by Crippen LogP contribution is -2.35. The number of carbonyl (C=O) groups excluding carboxylic acids is 2. The quantitative estimate of drug-likeness (QED) is 0.743. The van der Waals surface area contributed by atoms with Crippen LogP contribution < -0.4 is 5.73 Å². The van der Waals surface area contributed by atoms with Crippen molar-refractivity contribution in [1.82, 2.24) is 0 Å². The van der Waals surface area contributed by atoms with Gasteiger partial charge in [-0.05, 0) is 18.9 Å². The molecule has 1 aromatic carbocycles. The van der Waals surface area contributed by atoms with Crippen molar-refractivity contribution in [2.75, 3.05) is 6.61 Å². The van der Waals surface area contributed by atoms with E-state index < -0.39 is 12.0 Å². The SMILES string of the molecule is CC(=O)COC(=O)[C@@H](N)Cc1ccccc1. The van der Waals surface area contributed by atoms with Gasteiger partial charge in [-0.2, -0.15) is 0 Å². The Labute approximate surface area is 94.4 Å². The Hall–Kier alpha value is -1.68. The summed E-state index contributed by atoms with van der Waals surface area (Å²) < 4.78 is 4.72. The third-order valence-corrected chi connectivity index (χ3v) is 2.02. The van der Waals surface area contributed by atoms with Gasteiger partial charge in [-0.25, -0.2) is 0 Å². The Morgan fingerprint density at radius 1 is 1.31 bits per heavy atom. The van der Waals surface area contributed by atoms with Gasteiger partial charge in [-0.3, -0.25) is 9.59 Å². The molecular formula is C12H15NO3. The molecule has 0 aliphatic heterocycles. The predicted molar refractivity (Wildman–Crippen MR) is 59.8 cm³/mol. The second-order valence-electron chi connectivity index (χ2n) is 3.61. The van der Waals surface area contributed by atoms with Gasteiger partial charge >= 0.3 is 5.97 Å². The van der Waals surface area contributed by atoms with Crippen molar-refractivity contribution in [2.24, 2.45) is 5.73 Å². The van der Waals surface area contributed by atoms with Gasteiger partial charge < -0.3 is 10.5 Å². The maximum atomic E-state index is 11.4. The highest BCUT2D eigenvalue weighted by molar-refractivity contribution is 5.82. The normalized spacial score (nSPS) is 11.9. The van der Waals surface area contributed by atoms with Gasteiger partial charge in [-0.1, -0.05) is 30.3 Å². The molecule has 0 aliphatic rings. The number of hydrogen-bond donors (Lipinski definition) is 1. The maximum Gasteiger partial charge on any atom is 0.323 e. The van der Waals surface area contributed by atoms with Gasteiger partial charge in [0.25, 0.3) is 0 Å². The Morgan fingerprint density at radius 3 is 2.50 bits per heavy atom. The summed E-state index contributed by atoms with van der Waals surface area (Å²) >= 11 is 0. The van der Waals surface area contributed by atoms with Crippen LogP contribution >= 0.6 is 0 Å². The Morgan fingerprint density at radius 2 is 1.94 bits per heavy atom. The van der Waals surface area contributed by atoms with E-state index in [4.69, 9.17) is 10.5 Å². The molecule has 0 saturated carbocycles. The average molecular weight is 221 g/mol. The molecule has 0 fully saturated rings. The third kappa shape index (κ3) is 4.23. The smallest absolute Gasteiger partial charge is 0.323 e. The fourth-order valence-corrected chi connectivity index (χ4v) is 1.23. The van der Waals surface area contributed by atoms with Crippen LogP contribution in [0.3, 0.4) is 0 Å². The van der Waals surface area contributed by atoms with Crippen LogP contribution in [0, 0.1) is 0 Å². The molecular weight excluding hydrogens is 206 g/mol. The maximum absolute atomic E-state index is 11.4. The first-order valence-electron chi connectivity index (χ1n) is 5.05. The Kier molecular flexibility index (Phi) is 4.66. The zero-order valence-corrected chi connectivity index (χ0v) is 9.18. The van der Waals surface area contributed by atoms with E-state index in [0.717, 1.165) is 5.56 Å². The van der Waals surface area contributed by atoms with Crippen molar-refractivity contribution in [3.8, 4) is 0 Å². The zero-order valence-electron chi connectivity index (χ0n) is 9.18. The lowest BCUT2D eigenvalue weighted by Gasteiger charge is -2.10. The molecule has 0 bridgehead atoms. The van der Waals surface area contributed by atoms with Crippen molar-refractivity contribution < 1.29 is 14.3 Å². The molecule has 4 heteroatoms. The first-order valence-corrected chi connectivity index (χ1v) is 5.05. The summed E-state index contributed by atoms with van der Waals surface area (Å²) in [5.74, 6) is -0.737. The molecule has 0 saturated heterocycles. The van der Waals surface area contributed by atoms with Crippen molar-refractivity contribution >= 4 is 11.8 Å². The van der Waals surface area contributed by atoms with Gasteiger partial charge in [0.05, 0.1) is 0 Å². The molecule has 0 radical (unpaired) electrons. The summed E-state index contributed by atoms with van der Waals surface area (Å²) in [6.07, 6.45) is 0.414. The standard InChI is InChI=1S/C12H15NO3/c1-9(14)8-16-12(15)11(13)7-10-5-3-2-4-6-10/h2-6,11H,7-8,13H2,1H3/t11-/m0/s1. The van der Waals surface area contributed by atoms with Crippen LogP contribution in [0.25, 0.3) is 0 Å². The molecule has 0 heterocycles. The average Bonchev–Trinajstić information content (AvgIpc) is 2.27. The van der Waals surface area contributed by atoms with Crippen LogP contribution in [-0.2, 0) is 20.7 Å². The first kappa shape index (κ1) is 12.4. The summed E-state index contributed by atoms with van der Waals surface area (Å²) in [5.41, 5.74) is 6.62. The van der Waals surface area contributed by atoms with E-state index in [-0.39, 0.29) is 12.4 Å². The number of esters is 1. The summed E-state index contributed by atoms with van der Waals surface area (Å²) in [5, 5.41) is 0. The Balaban J connectivity index is 2.43. The molecule has 4 nitrogen and oxygen atoms in total. The van der Waals surface area contributed by atoms with Crippen LogP contribution in [0.5, 0.6) is 0 Å². The van der Waals surface area contributed by atoms with Crippen molar-refractivity contribution in [1.29, 1.82) is 0 Å². The van der Waals surface area contributed by atoms with E-state index in [1.165, 1.54) is 6.92 Å². The minimum absolute atomic E-state index is 0.194. The summed E-state index contributed by atoms with van der Waals surface area (Å²) in [7, 11) is 0. The lowest BCUT2D eigenvalue weighted by molar-refractivity contribution is -0.148. The van der Waals surface area contributed by atoms with Crippen LogP contribution in [-0.4, -0.2) is 24.4 Å². The van der Waals surface area contributed by atoms with Crippen LogP contribution in [0.2, 0.25) is 0 Å². The summed E-state index contributed by atoms with van der Waals surface area (Å²) in [4.78, 5) is 22.0. The number of benzene rings is 1. The first-order chi connectivity index (χ1) is 7.59. The molecule has 0 amide bonds. The van der Waals surface area contributed by atoms with E-state index in [1.807, 2.05) is 30.3 Å². The number of carbonyl (C=O) groups is 2. The largest absolute Gasteiger partial charge is 0.457 e. The van der Waals surface area contributed by atoms with Gasteiger partial charge in [0.2, 0.25) is 0 Å². The monoisotopic (exact) mass is 221 g/mol. The van der Waals surface area contributed by atoms with E-state index in [0.29, 0.717) is 6.42 Å². The van der Waals surface area contributed by atoms with Crippen molar-refractivity contribution in [2.45, 2.75) is 19.4 Å². The highest BCUT2D eigenvalue weighted by Crippen LogP contribution is 2.02. The molecule has 0 aromatic heterocycles. The van der Waals surface area contributed by atoms with Crippen molar-refractivity contribution in [3.05, 3.63) is 35.9 Å². The number of ether oxygens (including phenoxy) is 1. The van der Waals surface area contributed by atoms with Gasteiger partial charge in [0, 0.05) is 0 Å². The lowest BCUT2D eigenvalue weighted by atomic mass is 10.1. The van der Waals surface area contributed by atoms with Gasteiger partial charge in [0.15, 0.2) is 5.78 Å². The fraction of sp³-hybridized carbons (Fsp3) is 0.333. The van der Waals surface area contributed by atoms with Crippen LogP contribution in [0.1, 0.15) is 12.5 Å². The molecule has 86 valence electrons. The van der Waals surface area contributed by atoms with E-state index >= 15 is 0 Å². The van der Waals surface area contributed by atoms with Crippen LogP contribution in [0.4, 0.5) is 0 Å². The molecule has 2 N–H and O–H groups in total. The van der Waals surface area contributed by atoms with Gasteiger partial charge in [0.1, 0.15) is 12.6 Å². The second-order valence-corrected chi connectivity index (χ2v) is 3.61. The topological polar surface area (TPSA) is 69.4 Å². The third-order valence-electron chi connectivity index (χ3n) is 2.02. The minimum Gasteiger partial charge on any atom is -0.457 e. The zero-order chi connectivity index (χ0) is 12.0. The number of nitrogens with two attached hydrogens (primary N) is 1. The number of hydrogen-bond acceptors (Lipinski definition) is 4. The Bertz CT molecular complexity index is 362. The highest BCUT2D eigenvalue weighted by Gasteiger charge is 2.15. The molecule has 1 rings (SSSR count). The minimum atomic E-state index is -0.721. The number of Topliss-reactive ketones (excluding diaryl/α,β-unsaturated/α-hetero) is 1. The fourth-order valence-electron chi connectivity index (χ4n) is 1.23. The highest BCUT2D eigenvalue weighted by atomic mass is 16.5. The molecule has 0 unspecified atom stereocenters. The second kappa shape index (κ2) is 6.02. The number of ketones is 1. The summed E-state index contributed by atoms with van der Waals surface area (Å²) in [6.45, 7) is 1.15. The van der Waals surface area contributed by atoms with Gasteiger partial charge in [-0.15, -0.1) is 0 Å². The predicted octanol–water partition coefficient (Wildman–Crippen LogP) is 0.689. The number of rotatable bonds is 5. The van der Waals surface area contributed by atoms with E-state index in [2.05, 4.69) is 0 Å². The molecule has 0 aliphatic carbocycles. The molecule has 1 atom stereocenters.